The lowest BCUT2D eigenvalue weighted by Crippen LogP contribution is -2.22. The lowest BCUT2D eigenvalue weighted by molar-refractivity contribution is -0.129. The number of ether oxygens (including phenoxy) is 2. The number of hydrogen-bond acceptors (Lipinski definition) is 5. The molecule has 0 aromatic heterocycles. The first-order chi connectivity index (χ1) is 12.1. The molecule has 7 heteroatoms. The van der Waals surface area contributed by atoms with Crippen LogP contribution >= 0.6 is 0 Å². The van der Waals surface area contributed by atoms with Crippen LogP contribution in [0, 0.1) is 0 Å². The minimum Gasteiger partial charge on any atom is -0.476 e. The fraction of sp³-hybridized carbons (Fsp3) is 0.0556. The molecule has 2 aromatic rings. The van der Waals surface area contributed by atoms with Crippen molar-refractivity contribution in [1.82, 2.24) is 0 Å². The molecule has 0 saturated heterocycles. The number of anilines is 1. The van der Waals surface area contributed by atoms with E-state index in [0.29, 0.717) is 22.7 Å². The molecule has 2 aliphatic heterocycles. The summed E-state index contributed by atoms with van der Waals surface area (Å²) in [5.74, 6) is -0.605. The largest absolute Gasteiger partial charge is 0.476 e. The molecular formula is C18H12N2O5. The topological polar surface area (TPSA) is 88.4 Å². The molecule has 1 amide bonds. The molecule has 0 atom stereocenters. The molecule has 25 heavy (non-hydrogen) atoms. The quantitative estimate of drug-likeness (QED) is 0.869. The molecular weight excluding hydrogens is 324 g/mol. The van der Waals surface area contributed by atoms with Gasteiger partial charge in [-0.1, -0.05) is 24.3 Å². The monoisotopic (exact) mass is 336 g/mol. The fourth-order valence-corrected chi connectivity index (χ4v) is 2.62. The van der Waals surface area contributed by atoms with Crippen molar-refractivity contribution in [2.75, 3.05) is 11.8 Å². The van der Waals surface area contributed by atoms with Crippen molar-refractivity contribution in [2.45, 2.75) is 0 Å². The number of amides is 1. The Labute approximate surface area is 142 Å². The minimum absolute atomic E-state index is 0.00946. The highest BCUT2D eigenvalue weighted by Crippen LogP contribution is 2.33. The highest BCUT2D eigenvalue weighted by atomic mass is 16.7. The molecule has 0 aliphatic carbocycles. The number of aliphatic carboxylic acids is 1. The maximum atomic E-state index is 12.7. The first-order valence-corrected chi connectivity index (χ1v) is 7.46. The first kappa shape index (κ1) is 14.9. The third kappa shape index (κ3) is 2.61. The summed E-state index contributed by atoms with van der Waals surface area (Å²) in [5, 5.41) is 14.5. The second-order valence-corrected chi connectivity index (χ2v) is 5.38. The minimum atomic E-state index is -1.27. The Balaban J connectivity index is 1.74. The number of carbonyl (C=O) groups excluding carboxylic acids is 1. The van der Waals surface area contributed by atoms with Crippen LogP contribution in [0.2, 0.25) is 0 Å². The van der Waals surface area contributed by atoms with Crippen molar-refractivity contribution >= 4 is 29.4 Å². The zero-order valence-corrected chi connectivity index (χ0v) is 12.9. The highest BCUT2D eigenvalue weighted by molar-refractivity contribution is 6.53. The van der Waals surface area contributed by atoms with Crippen LogP contribution in [0.25, 0.3) is 6.08 Å². The van der Waals surface area contributed by atoms with Gasteiger partial charge in [-0.05, 0) is 35.9 Å². The zero-order valence-electron chi connectivity index (χ0n) is 12.9. The van der Waals surface area contributed by atoms with Crippen molar-refractivity contribution in [3.05, 3.63) is 59.7 Å². The van der Waals surface area contributed by atoms with Crippen LogP contribution < -0.4 is 14.5 Å². The van der Waals surface area contributed by atoms with Gasteiger partial charge in [-0.25, -0.2) is 4.79 Å². The third-order valence-corrected chi connectivity index (χ3v) is 3.79. The summed E-state index contributed by atoms with van der Waals surface area (Å²) in [4.78, 5) is 24.2. The van der Waals surface area contributed by atoms with Gasteiger partial charge < -0.3 is 14.6 Å². The summed E-state index contributed by atoms with van der Waals surface area (Å²) in [6, 6.07) is 13.8. The van der Waals surface area contributed by atoms with Gasteiger partial charge in [0.05, 0.1) is 11.3 Å². The number of hydrazone groups is 1. The average molecular weight is 336 g/mol. The third-order valence-electron chi connectivity index (χ3n) is 3.79. The maximum absolute atomic E-state index is 12.7. The predicted molar refractivity (Wildman–Crippen MR) is 89.5 cm³/mol. The molecule has 7 nitrogen and oxygen atoms in total. The van der Waals surface area contributed by atoms with E-state index in [2.05, 4.69) is 5.10 Å². The van der Waals surface area contributed by atoms with E-state index in [-0.39, 0.29) is 18.1 Å². The summed E-state index contributed by atoms with van der Waals surface area (Å²) in [6.07, 6.45) is 1.49. The SMILES string of the molecule is O=C(O)C1=NN(c2ccccc2)C(=O)/C1=C\c1ccc2c(c1)OCO2. The number of benzene rings is 2. The first-order valence-electron chi connectivity index (χ1n) is 7.46. The number of carbonyl (C=O) groups is 2. The molecule has 0 fully saturated rings. The molecule has 0 radical (unpaired) electrons. The lowest BCUT2D eigenvalue weighted by Gasteiger charge is -2.10. The molecule has 0 bridgehead atoms. The van der Waals surface area contributed by atoms with Gasteiger partial charge in [-0.3, -0.25) is 4.79 Å². The Morgan fingerprint density at radius 1 is 1.12 bits per heavy atom. The number of hydrogen-bond donors (Lipinski definition) is 1. The fourth-order valence-electron chi connectivity index (χ4n) is 2.62. The zero-order chi connectivity index (χ0) is 17.4. The summed E-state index contributed by atoms with van der Waals surface area (Å²) >= 11 is 0. The molecule has 4 rings (SSSR count). The van der Waals surface area contributed by atoms with Crippen LogP contribution in [-0.4, -0.2) is 29.5 Å². The van der Waals surface area contributed by atoms with Crippen molar-refractivity contribution in [2.24, 2.45) is 5.10 Å². The second kappa shape index (κ2) is 5.79. The van der Waals surface area contributed by atoms with Crippen molar-refractivity contribution in [3.8, 4) is 11.5 Å². The number of nitrogens with zero attached hydrogens (tertiary/aromatic N) is 2. The second-order valence-electron chi connectivity index (χ2n) is 5.38. The maximum Gasteiger partial charge on any atom is 0.357 e. The van der Waals surface area contributed by atoms with Gasteiger partial charge in [0, 0.05) is 0 Å². The molecule has 124 valence electrons. The van der Waals surface area contributed by atoms with E-state index in [1.807, 2.05) is 0 Å². The van der Waals surface area contributed by atoms with Crippen molar-refractivity contribution < 1.29 is 24.2 Å². The summed E-state index contributed by atoms with van der Waals surface area (Å²) in [7, 11) is 0. The lowest BCUT2D eigenvalue weighted by atomic mass is 10.1. The van der Waals surface area contributed by atoms with Gasteiger partial charge in [-0.2, -0.15) is 10.1 Å². The summed E-state index contributed by atoms with van der Waals surface area (Å²) in [5.41, 5.74) is 0.832. The van der Waals surface area contributed by atoms with Crippen LogP contribution in [0.15, 0.2) is 59.2 Å². The van der Waals surface area contributed by atoms with Crippen molar-refractivity contribution in [1.29, 1.82) is 0 Å². The molecule has 2 heterocycles. The van der Waals surface area contributed by atoms with E-state index in [1.54, 1.807) is 48.5 Å². The number of fused-ring (bicyclic) bond motifs is 1. The Kier molecular flexibility index (Phi) is 3.46. The van der Waals surface area contributed by atoms with E-state index in [9.17, 15) is 14.7 Å². The standard InChI is InChI=1S/C18H12N2O5/c21-17-13(8-11-6-7-14-15(9-11)25-10-24-14)16(18(22)23)19-20(17)12-4-2-1-3-5-12/h1-9H,10H2,(H,22,23)/b13-8-. The van der Waals surface area contributed by atoms with Gasteiger partial charge in [0.25, 0.3) is 5.91 Å². The highest BCUT2D eigenvalue weighted by Gasteiger charge is 2.35. The molecule has 0 unspecified atom stereocenters. The van der Waals surface area contributed by atoms with Crippen LogP contribution in [0.4, 0.5) is 5.69 Å². The van der Waals surface area contributed by atoms with Gasteiger partial charge >= 0.3 is 5.97 Å². The number of carboxylic acid groups (broad SMARTS) is 1. The normalized spacial score (nSPS) is 17.1. The molecule has 2 aliphatic rings. The molecule has 0 saturated carbocycles. The summed E-state index contributed by atoms with van der Waals surface area (Å²) in [6.45, 7) is 0.137. The predicted octanol–water partition coefficient (Wildman–Crippen LogP) is 2.29. The van der Waals surface area contributed by atoms with E-state index >= 15 is 0 Å². The Morgan fingerprint density at radius 2 is 1.88 bits per heavy atom. The van der Waals surface area contributed by atoms with E-state index in [1.165, 1.54) is 6.08 Å². The smallest absolute Gasteiger partial charge is 0.357 e. The molecule has 2 aromatic carbocycles. The van der Waals surface area contributed by atoms with Gasteiger partial charge in [0.15, 0.2) is 17.2 Å². The van der Waals surface area contributed by atoms with Crippen LogP contribution in [0.1, 0.15) is 5.56 Å². The Hall–Kier alpha value is -3.61. The van der Waals surface area contributed by atoms with E-state index in [0.717, 1.165) is 5.01 Å². The number of carboxylic acids is 1. The molecule has 0 spiro atoms. The Morgan fingerprint density at radius 3 is 2.64 bits per heavy atom. The van der Waals surface area contributed by atoms with Crippen LogP contribution in [0.5, 0.6) is 11.5 Å². The van der Waals surface area contributed by atoms with Gasteiger partial charge in [-0.15, -0.1) is 0 Å². The van der Waals surface area contributed by atoms with E-state index < -0.39 is 11.9 Å². The molecule has 1 N–H and O–H groups in total. The van der Waals surface area contributed by atoms with Gasteiger partial charge in [0.1, 0.15) is 0 Å². The van der Waals surface area contributed by atoms with Crippen molar-refractivity contribution in [3.63, 3.8) is 0 Å². The number of para-hydroxylation sites is 1. The van der Waals surface area contributed by atoms with Crippen LogP contribution in [0.3, 0.4) is 0 Å². The van der Waals surface area contributed by atoms with Gasteiger partial charge in [0.2, 0.25) is 6.79 Å². The van der Waals surface area contributed by atoms with E-state index in [4.69, 9.17) is 9.47 Å². The van der Waals surface area contributed by atoms with Crippen LogP contribution in [-0.2, 0) is 9.59 Å². The summed E-state index contributed by atoms with van der Waals surface area (Å²) < 4.78 is 10.5. The Bertz CT molecular complexity index is 934. The number of rotatable bonds is 3. The average Bonchev–Trinajstić information content (AvgIpc) is 3.21.